The molecular weight excluding hydrogens is 302 g/mol. The van der Waals surface area contributed by atoms with Gasteiger partial charge in [0.25, 0.3) is 0 Å². The molecule has 0 N–H and O–H groups in total. The second-order valence-electron chi connectivity index (χ2n) is 4.39. The molecule has 1 aliphatic heterocycles. The third-order valence-corrected chi connectivity index (χ3v) is 5.36. The van der Waals surface area contributed by atoms with Crippen LogP contribution in [0.15, 0.2) is 18.2 Å². The van der Waals surface area contributed by atoms with Crippen LogP contribution in [-0.4, -0.2) is 33.0 Å². The van der Waals surface area contributed by atoms with Crippen molar-refractivity contribution in [1.29, 1.82) is 0 Å². The second-order valence-corrected chi connectivity index (χ2v) is 7.26. The van der Waals surface area contributed by atoms with E-state index in [0.29, 0.717) is 13.1 Å². The number of halogens is 1. The number of aryl methyl sites for hydroxylation is 1. The Kier molecular flexibility index (Phi) is 3.78. The summed E-state index contributed by atoms with van der Waals surface area (Å²) in [5, 5.41) is 0.850. The number of anilines is 1. The van der Waals surface area contributed by atoms with Gasteiger partial charge in [0.05, 0.1) is 11.5 Å². The number of hydrogen-bond donors (Lipinski definition) is 0. The first-order valence-corrected chi connectivity index (χ1v) is 8.57. The number of rotatable bonds is 2. The van der Waals surface area contributed by atoms with E-state index in [-0.39, 0.29) is 11.5 Å². The van der Waals surface area contributed by atoms with Gasteiger partial charge in [0.1, 0.15) is 0 Å². The van der Waals surface area contributed by atoms with Crippen molar-refractivity contribution < 1.29 is 8.42 Å². The Labute approximate surface area is 111 Å². The zero-order valence-electron chi connectivity index (χ0n) is 9.82. The molecule has 0 unspecified atom stereocenters. The van der Waals surface area contributed by atoms with E-state index in [2.05, 4.69) is 46.0 Å². The highest BCUT2D eigenvalue weighted by molar-refractivity contribution is 9.08. The van der Waals surface area contributed by atoms with Crippen molar-refractivity contribution in [2.75, 3.05) is 29.5 Å². The van der Waals surface area contributed by atoms with Gasteiger partial charge in [-0.3, -0.25) is 0 Å². The van der Waals surface area contributed by atoms with Crippen molar-refractivity contribution >= 4 is 31.5 Å². The highest BCUT2D eigenvalue weighted by Gasteiger charge is 2.22. The molecule has 0 aliphatic carbocycles. The average molecular weight is 318 g/mol. The van der Waals surface area contributed by atoms with Crippen LogP contribution in [-0.2, 0) is 15.2 Å². The minimum Gasteiger partial charge on any atom is -0.369 e. The average Bonchev–Trinajstić information content (AvgIpc) is 2.29. The Balaban J connectivity index is 2.19. The fourth-order valence-electron chi connectivity index (χ4n) is 2.11. The summed E-state index contributed by atoms with van der Waals surface area (Å²) in [6.07, 6.45) is 0. The van der Waals surface area contributed by atoms with Crippen LogP contribution in [0.5, 0.6) is 0 Å². The smallest absolute Gasteiger partial charge is 0.153 e. The van der Waals surface area contributed by atoms with Crippen molar-refractivity contribution in [2.24, 2.45) is 0 Å². The van der Waals surface area contributed by atoms with Crippen LogP contribution >= 0.6 is 15.9 Å². The van der Waals surface area contributed by atoms with Crippen LogP contribution in [0, 0.1) is 6.92 Å². The Morgan fingerprint density at radius 3 is 2.47 bits per heavy atom. The lowest BCUT2D eigenvalue weighted by molar-refractivity contribution is 0.586. The van der Waals surface area contributed by atoms with Crippen molar-refractivity contribution in [3.8, 4) is 0 Å². The predicted molar refractivity (Wildman–Crippen MR) is 74.7 cm³/mol. The molecule has 0 bridgehead atoms. The highest BCUT2D eigenvalue weighted by Crippen LogP contribution is 2.23. The summed E-state index contributed by atoms with van der Waals surface area (Å²) in [7, 11) is -2.80. The maximum absolute atomic E-state index is 11.4. The van der Waals surface area contributed by atoms with Gasteiger partial charge < -0.3 is 4.90 Å². The number of nitrogens with zero attached hydrogens (tertiary/aromatic N) is 1. The van der Waals surface area contributed by atoms with E-state index < -0.39 is 9.84 Å². The van der Waals surface area contributed by atoms with Gasteiger partial charge in [-0.2, -0.15) is 0 Å². The molecule has 0 saturated carbocycles. The van der Waals surface area contributed by atoms with Gasteiger partial charge in [-0.1, -0.05) is 28.1 Å². The molecule has 1 aromatic rings. The lowest BCUT2D eigenvalue weighted by Gasteiger charge is -2.30. The highest BCUT2D eigenvalue weighted by atomic mass is 79.9. The van der Waals surface area contributed by atoms with E-state index in [1.165, 1.54) is 11.1 Å². The molecule has 1 aromatic carbocycles. The Bertz CT molecular complexity index is 499. The zero-order chi connectivity index (χ0) is 12.5. The summed E-state index contributed by atoms with van der Waals surface area (Å²) in [5.74, 6) is 0.541. The first kappa shape index (κ1) is 12.9. The minimum atomic E-state index is -2.80. The molecule has 1 saturated heterocycles. The van der Waals surface area contributed by atoms with Gasteiger partial charge in [0, 0.05) is 24.1 Å². The Morgan fingerprint density at radius 1 is 1.29 bits per heavy atom. The summed E-state index contributed by atoms with van der Waals surface area (Å²) >= 11 is 3.43. The summed E-state index contributed by atoms with van der Waals surface area (Å²) in [6.45, 7) is 3.29. The molecule has 1 fully saturated rings. The van der Waals surface area contributed by atoms with E-state index in [0.717, 1.165) is 11.0 Å². The van der Waals surface area contributed by atoms with E-state index in [9.17, 15) is 8.42 Å². The van der Waals surface area contributed by atoms with Gasteiger partial charge in [0.15, 0.2) is 9.84 Å². The molecular formula is C12H16BrNO2S. The van der Waals surface area contributed by atoms with Gasteiger partial charge in [-0.15, -0.1) is 0 Å². The largest absolute Gasteiger partial charge is 0.369 e. The summed E-state index contributed by atoms with van der Waals surface area (Å²) in [6, 6.07) is 6.32. The van der Waals surface area contributed by atoms with Crippen molar-refractivity contribution in [1.82, 2.24) is 0 Å². The molecule has 0 amide bonds. The predicted octanol–water partition coefficient (Wildman–Crippen LogP) is 2.12. The molecule has 5 heteroatoms. The van der Waals surface area contributed by atoms with Crippen LogP contribution in [0.3, 0.4) is 0 Å². The van der Waals surface area contributed by atoms with Gasteiger partial charge in [0.2, 0.25) is 0 Å². The number of alkyl halides is 1. The maximum Gasteiger partial charge on any atom is 0.153 e. The fourth-order valence-corrected chi connectivity index (χ4v) is 3.66. The quantitative estimate of drug-likeness (QED) is 0.784. The standard InChI is InChI=1S/C12H16BrNO2S/c1-10-8-11(9-13)2-3-12(10)14-4-6-17(15,16)7-5-14/h2-3,8H,4-7,9H2,1H3. The van der Waals surface area contributed by atoms with Gasteiger partial charge >= 0.3 is 0 Å². The van der Waals surface area contributed by atoms with Crippen LogP contribution < -0.4 is 4.90 Å². The molecule has 3 nitrogen and oxygen atoms in total. The summed E-state index contributed by atoms with van der Waals surface area (Å²) in [5.41, 5.74) is 3.61. The third kappa shape index (κ3) is 3.01. The minimum absolute atomic E-state index is 0.270. The lowest BCUT2D eigenvalue weighted by atomic mass is 10.1. The molecule has 0 spiro atoms. The molecule has 2 rings (SSSR count). The van der Waals surface area contributed by atoms with E-state index in [4.69, 9.17) is 0 Å². The molecule has 0 atom stereocenters. The molecule has 0 radical (unpaired) electrons. The van der Waals surface area contributed by atoms with Crippen molar-refractivity contribution in [3.05, 3.63) is 29.3 Å². The zero-order valence-corrected chi connectivity index (χ0v) is 12.2. The van der Waals surface area contributed by atoms with E-state index in [1.54, 1.807) is 0 Å². The molecule has 1 heterocycles. The first-order valence-electron chi connectivity index (χ1n) is 5.63. The monoisotopic (exact) mass is 317 g/mol. The molecule has 0 aromatic heterocycles. The maximum atomic E-state index is 11.4. The number of hydrogen-bond acceptors (Lipinski definition) is 3. The van der Waals surface area contributed by atoms with E-state index in [1.807, 2.05) is 0 Å². The topological polar surface area (TPSA) is 37.4 Å². The Morgan fingerprint density at radius 2 is 1.94 bits per heavy atom. The van der Waals surface area contributed by atoms with Crippen LogP contribution in [0.1, 0.15) is 11.1 Å². The van der Waals surface area contributed by atoms with Crippen molar-refractivity contribution in [3.63, 3.8) is 0 Å². The van der Waals surface area contributed by atoms with Gasteiger partial charge in [-0.05, 0) is 24.1 Å². The lowest BCUT2D eigenvalue weighted by Crippen LogP contribution is -2.40. The second kappa shape index (κ2) is 4.98. The molecule has 17 heavy (non-hydrogen) atoms. The summed E-state index contributed by atoms with van der Waals surface area (Å²) in [4.78, 5) is 2.16. The van der Waals surface area contributed by atoms with Gasteiger partial charge in [-0.25, -0.2) is 8.42 Å². The fraction of sp³-hybridized carbons (Fsp3) is 0.500. The SMILES string of the molecule is Cc1cc(CBr)ccc1N1CCS(=O)(=O)CC1. The van der Waals surface area contributed by atoms with E-state index >= 15 is 0 Å². The van der Waals surface area contributed by atoms with Crippen LogP contribution in [0.25, 0.3) is 0 Å². The number of benzene rings is 1. The van der Waals surface area contributed by atoms with Crippen LogP contribution in [0.4, 0.5) is 5.69 Å². The first-order chi connectivity index (χ1) is 8.02. The number of sulfone groups is 1. The third-order valence-electron chi connectivity index (χ3n) is 3.10. The Hall–Kier alpha value is -0.550. The molecule has 1 aliphatic rings. The van der Waals surface area contributed by atoms with Crippen molar-refractivity contribution in [2.45, 2.75) is 12.3 Å². The normalized spacial score (nSPS) is 19.3. The van der Waals surface area contributed by atoms with Crippen LogP contribution in [0.2, 0.25) is 0 Å². The summed E-state index contributed by atoms with van der Waals surface area (Å²) < 4.78 is 22.8. The molecule has 94 valence electrons.